The molecule has 2 aromatic carbocycles. The van der Waals surface area contributed by atoms with Gasteiger partial charge in [0.2, 0.25) is 11.8 Å². The molecule has 0 saturated carbocycles. The Labute approximate surface area is 208 Å². The van der Waals surface area contributed by atoms with Gasteiger partial charge in [-0.05, 0) is 42.7 Å². The van der Waals surface area contributed by atoms with Crippen LogP contribution in [-0.4, -0.2) is 54.5 Å². The lowest BCUT2D eigenvalue weighted by Crippen LogP contribution is -2.49. The maximum Gasteiger partial charge on any atom is 0.269 e. The van der Waals surface area contributed by atoms with Crippen molar-refractivity contribution in [2.24, 2.45) is 5.92 Å². The van der Waals surface area contributed by atoms with Crippen LogP contribution in [0.15, 0.2) is 57.9 Å². The normalized spacial score (nSPS) is 15.2. The van der Waals surface area contributed by atoms with Gasteiger partial charge in [0, 0.05) is 30.5 Å². The van der Waals surface area contributed by atoms with Crippen LogP contribution in [0.4, 0.5) is 0 Å². The third kappa shape index (κ3) is 5.67. The summed E-state index contributed by atoms with van der Waals surface area (Å²) in [6, 6.07) is 12.6. The molecule has 3 amide bonds. The molecule has 1 aliphatic rings. The number of halogens is 1. The van der Waals surface area contributed by atoms with Crippen molar-refractivity contribution in [3.63, 3.8) is 0 Å². The quantitative estimate of drug-likeness (QED) is 0.517. The largest absolute Gasteiger partial charge is 0.354 e. The van der Waals surface area contributed by atoms with Crippen molar-refractivity contribution < 1.29 is 22.8 Å². The highest BCUT2D eigenvalue weighted by molar-refractivity contribution is 9.10. The second-order valence-corrected chi connectivity index (χ2v) is 11.3. The number of sulfonamides is 1. The van der Waals surface area contributed by atoms with E-state index in [9.17, 15) is 22.8 Å². The molecule has 0 aliphatic carbocycles. The number of nitrogens with one attached hydrogen (secondary N) is 1. The molecular weight excluding hydrogens is 522 g/mol. The molecule has 1 N–H and O–H groups in total. The Bertz CT molecular complexity index is 1200. The van der Waals surface area contributed by atoms with E-state index in [-0.39, 0.29) is 41.8 Å². The van der Waals surface area contributed by atoms with Gasteiger partial charge >= 0.3 is 0 Å². The molecule has 3 rings (SSSR count). The zero-order chi connectivity index (χ0) is 25.0. The molecule has 0 fully saturated rings. The molecular formula is C24H28BrN3O5S. The van der Waals surface area contributed by atoms with Gasteiger partial charge < -0.3 is 10.2 Å². The lowest BCUT2D eigenvalue weighted by molar-refractivity contribution is -0.140. The SMILES string of the molecule is CC(C)CNC(=O)[C@@H](C)N(Cc1cccc(Br)c1)C(=O)CCN1C(=O)c2ccccc2S1(=O)=O. The number of hydrogen-bond acceptors (Lipinski definition) is 5. The number of benzene rings is 2. The zero-order valence-corrected chi connectivity index (χ0v) is 21.7. The molecule has 0 spiro atoms. The van der Waals surface area contributed by atoms with Crippen LogP contribution < -0.4 is 5.32 Å². The molecule has 0 radical (unpaired) electrons. The zero-order valence-electron chi connectivity index (χ0n) is 19.3. The number of carbonyl (C=O) groups excluding carboxylic acids is 3. The number of nitrogens with zero attached hydrogens (tertiary/aromatic N) is 2. The van der Waals surface area contributed by atoms with Gasteiger partial charge in [-0.15, -0.1) is 0 Å². The van der Waals surface area contributed by atoms with Gasteiger partial charge in [0.1, 0.15) is 10.9 Å². The van der Waals surface area contributed by atoms with Crippen LogP contribution >= 0.6 is 15.9 Å². The molecule has 1 heterocycles. The first-order chi connectivity index (χ1) is 16.0. The van der Waals surface area contributed by atoms with Gasteiger partial charge in [0.15, 0.2) is 0 Å². The molecule has 10 heteroatoms. The van der Waals surface area contributed by atoms with E-state index < -0.39 is 27.9 Å². The molecule has 0 unspecified atom stereocenters. The smallest absolute Gasteiger partial charge is 0.269 e. The molecule has 0 aromatic heterocycles. The third-order valence-electron chi connectivity index (χ3n) is 5.53. The van der Waals surface area contributed by atoms with Crippen molar-refractivity contribution in [2.45, 2.75) is 44.7 Å². The van der Waals surface area contributed by atoms with Gasteiger partial charge in [0.25, 0.3) is 15.9 Å². The number of amides is 3. The lowest BCUT2D eigenvalue weighted by Gasteiger charge is -2.29. The van der Waals surface area contributed by atoms with Crippen LogP contribution in [0.3, 0.4) is 0 Å². The summed E-state index contributed by atoms with van der Waals surface area (Å²) < 4.78 is 27.2. The maximum absolute atomic E-state index is 13.3. The van der Waals surface area contributed by atoms with Crippen molar-refractivity contribution in [3.05, 3.63) is 64.1 Å². The van der Waals surface area contributed by atoms with Gasteiger partial charge in [-0.2, -0.15) is 0 Å². The first-order valence-corrected chi connectivity index (χ1v) is 13.2. The second-order valence-electron chi connectivity index (χ2n) is 8.60. The molecule has 182 valence electrons. The Balaban J connectivity index is 1.78. The molecule has 34 heavy (non-hydrogen) atoms. The minimum atomic E-state index is -4.01. The summed E-state index contributed by atoms with van der Waals surface area (Å²) in [5.74, 6) is -1.12. The monoisotopic (exact) mass is 549 g/mol. The van der Waals surface area contributed by atoms with E-state index in [2.05, 4.69) is 21.2 Å². The fourth-order valence-corrected chi connectivity index (χ4v) is 5.68. The lowest BCUT2D eigenvalue weighted by atomic mass is 10.1. The van der Waals surface area contributed by atoms with E-state index in [4.69, 9.17) is 0 Å². The van der Waals surface area contributed by atoms with E-state index in [1.807, 2.05) is 38.1 Å². The summed E-state index contributed by atoms with van der Waals surface area (Å²) in [4.78, 5) is 40.0. The Hall–Kier alpha value is -2.72. The van der Waals surface area contributed by atoms with E-state index in [0.29, 0.717) is 6.54 Å². The topological polar surface area (TPSA) is 104 Å². The van der Waals surface area contributed by atoms with Crippen LogP contribution in [-0.2, 0) is 26.2 Å². The van der Waals surface area contributed by atoms with Crippen molar-refractivity contribution in [3.8, 4) is 0 Å². The Morgan fingerprint density at radius 2 is 1.79 bits per heavy atom. The third-order valence-corrected chi connectivity index (χ3v) is 7.87. The summed E-state index contributed by atoms with van der Waals surface area (Å²) >= 11 is 3.41. The highest BCUT2D eigenvalue weighted by Crippen LogP contribution is 2.30. The van der Waals surface area contributed by atoms with Crippen molar-refractivity contribution in [1.29, 1.82) is 0 Å². The summed E-state index contributed by atoms with van der Waals surface area (Å²) in [7, 11) is -4.01. The average Bonchev–Trinajstić information content (AvgIpc) is 2.99. The van der Waals surface area contributed by atoms with Gasteiger partial charge in [-0.3, -0.25) is 14.4 Å². The Kier molecular flexibility index (Phi) is 8.14. The average molecular weight is 550 g/mol. The molecule has 0 bridgehead atoms. The standard InChI is InChI=1S/C24H28BrN3O5S/c1-16(2)14-26-23(30)17(3)27(15-18-7-6-8-19(25)13-18)22(29)11-12-28-24(31)20-9-4-5-10-21(20)34(28,32)33/h4-10,13,16-17H,11-12,14-15H2,1-3H3,(H,26,30)/t17-/m1/s1. The minimum Gasteiger partial charge on any atom is -0.354 e. The highest BCUT2D eigenvalue weighted by atomic mass is 79.9. The summed E-state index contributed by atoms with van der Waals surface area (Å²) in [6.45, 7) is 5.92. The first kappa shape index (κ1) is 25.9. The van der Waals surface area contributed by atoms with Crippen molar-refractivity contribution >= 4 is 43.7 Å². The summed E-state index contributed by atoms with van der Waals surface area (Å²) in [6.07, 6.45) is -0.241. The summed E-state index contributed by atoms with van der Waals surface area (Å²) in [5, 5.41) is 2.84. The molecule has 1 aliphatic heterocycles. The fraction of sp³-hybridized carbons (Fsp3) is 0.375. The van der Waals surface area contributed by atoms with E-state index >= 15 is 0 Å². The van der Waals surface area contributed by atoms with Crippen LogP contribution in [0.2, 0.25) is 0 Å². The molecule has 2 aromatic rings. The first-order valence-electron chi connectivity index (χ1n) is 11.0. The highest BCUT2D eigenvalue weighted by Gasteiger charge is 2.41. The van der Waals surface area contributed by atoms with Crippen LogP contribution in [0.5, 0.6) is 0 Å². The van der Waals surface area contributed by atoms with E-state index in [1.54, 1.807) is 19.1 Å². The Morgan fingerprint density at radius 3 is 2.44 bits per heavy atom. The summed E-state index contributed by atoms with van der Waals surface area (Å²) in [5.41, 5.74) is 0.908. The Morgan fingerprint density at radius 1 is 1.09 bits per heavy atom. The maximum atomic E-state index is 13.3. The number of rotatable bonds is 9. The van der Waals surface area contributed by atoms with Crippen molar-refractivity contribution in [1.82, 2.24) is 14.5 Å². The van der Waals surface area contributed by atoms with Gasteiger partial charge in [-0.25, -0.2) is 12.7 Å². The van der Waals surface area contributed by atoms with Gasteiger partial charge in [0.05, 0.1) is 5.56 Å². The van der Waals surface area contributed by atoms with E-state index in [1.165, 1.54) is 17.0 Å². The number of carbonyl (C=O) groups is 3. The van der Waals surface area contributed by atoms with Crippen LogP contribution in [0.1, 0.15) is 43.1 Å². The number of fused-ring (bicyclic) bond motifs is 1. The van der Waals surface area contributed by atoms with Crippen LogP contribution in [0.25, 0.3) is 0 Å². The molecule has 0 saturated heterocycles. The number of hydrogen-bond donors (Lipinski definition) is 1. The van der Waals surface area contributed by atoms with Crippen LogP contribution in [0, 0.1) is 5.92 Å². The van der Waals surface area contributed by atoms with Crippen molar-refractivity contribution in [2.75, 3.05) is 13.1 Å². The molecule has 8 nitrogen and oxygen atoms in total. The second kappa shape index (κ2) is 10.7. The minimum absolute atomic E-state index is 0.0557. The van der Waals surface area contributed by atoms with Gasteiger partial charge in [-0.1, -0.05) is 54.0 Å². The predicted octanol–water partition coefficient (Wildman–Crippen LogP) is 3.17. The van der Waals surface area contributed by atoms with E-state index in [0.717, 1.165) is 14.3 Å². The molecule has 1 atom stereocenters. The predicted molar refractivity (Wildman–Crippen MR) is 131 cm³/mol. The fourth-order valence-electron chi connectivity index (χ4n) is 3.66.